The Hall–Kier alpha value is -3.22. The maximum atomic E-state index is 14.7. The molecule has 1 aromatic carbocycles. The van der Waals surface area contributed by atoms with Crippen molar-refractivity contribution < 1.29 is 30.7 Å². The topological polar surface area (TPSA) is 110 Å². The zero-order valence-electron chi connectivity index (χ0n) is 16.3. The lowest BCUT2D eigenvalue weighted by molar-refractivity contribution is -0.0773. The van der Waals surface area contributed by atoms with E-state index >= 15 is 0 Å². The van der Waals surface area contributed by atoms with Crippen LogP contribution in [0.5, 0.6) is 5.75 Å². The van der Waals surface area contributed by atoms with Crippen LogP contribution in [0.25, 0.3) is 0 Å². The van der Waals surface area contributed by atoms with Gasteiger partial charge >= 0.3 is 0 Å². The highest BCUT2D eigenvalue weighted by Crippen LogP contribution is 2.43. The van der Waals surface area contributed by atoms with Crippen molar-refractivity contribution in [2.24, 2.45) is 0 Å². The van der Waals surface area contributed by atoms with Crippen LogP contribution in [0.4, 0.5) is 23.4 Å². The van der Waals surface area contributed by atoms with Crippen molar-refractivity contribution in [2.45, 2.75) is 42.1 Å². The molecular formula is C19H17F4N5O3S. The number of nitrogens with zero attached hydrogens (tertiary/aromatic N) is 3. The summed E-state index contributed by atoms with van der Waals surface area (Å²) in [4.78, 5) is 6.01. The van der Waals surface area contributed by atoms with Crippen LogP contribution in [0, 0.1) is 11.6 Å². The predicted octanol–water partition coefficient (Wildman–Crippen LogP) is 3.63. The van der Waals surface area contributed by atoms with Gasteiger partial charge in [0.1, 0.15) is 35.6 Å². The molecule has 1 aliphatic carbocycles. The number of benzene rings is 1. The van der Waals surface area contributed by atoms with Crippen molar-refractivity contribution >= 4 is 15.8 Å². The lowest BCUT2D eigenvalue weighted by Crippen LogP contribution is -2.38. The number of anilines is 1. The minimum Gasteiger partial charge on any atom is -0.489 e. The number of hydrogen-bond donors (Lipinski definition) is 2. The monoisotopic (exact) mass is 471 g/mol. The number of sulfonamides is 1. The molecule has 13 heteroatoms. The molecule has 2 atom stereocenters. The molecule has 1 aliphatic rings. The zero-order chi connectivity index (χ0) is 22.9. The lowest BCUT2D eigenvalue weighted by atomic mass is 9.81. The normalized spacial score (nSPS) is 20.6. The van der Waals surface area contributed by atoms with Crippen LogP contribution in [0.2, 0.25) is 0 Å². The van der Waals surface area contributed by atoms with Crippen molar-refractivity contribution in [3.05, 3.63) is 60.3 Å². The summed E-state index contributed by atoms with van der Waals surface area (Å²) in [6.45, 7) is 0. The Morgan fingerprint density at radius 3 is 2.59 bits per heavy atom. The molecule has 2 N–H and O–H groups in total. The van der Waals surface area contributed by atoms with Gasteiger partial charge in [0.05, 0.1) is 6.20 Å². The van der Waals surface area contributed by atoms with Crippen LogP contribution < -0.4 is 9.46 Å². The van der Waals surface area contributed by atoms with Gasteiger partial charge in [-0.25, -0.2) is 35.9 Å². The molecule has 0 spiro atoms. The molecule has 2 aromatic heterocycles. The van der Waals surface area contributed by atoms with Gasteiger partial charge in [-0.1, -0.05) is 0 Å². The smallest absolute Gasteiger partial charge is 0.268 e. The van der Waals surface area contributed by atoms with Crippen LogP contribution >= 0.6 is 0 Å². The largest absolute Gasteiger partial charge is 0.489 e. The molecule has 1 saturated carbocycles. The minimum absolute atomic E-state index is 0.0808. The Morgan fingerprint density at radius 2 is 1.97 bits per heavy atom. The minimum atomic E-state index is -4.67. The molecule has 8 nitrogen and oxygen atoms in total. The standard InChI is InChI=1S/C19H17F4N5O3S/c20-14-5-12(6-15(21)18(14)32(29,30)28-17-2-4-24-10-25-17)31-16-7-19(22,23)3-1-13(16)11-8-26-27-9-11/h2,4-6,8-10,13,16H,1,3,7H2,(H,26,27)(H,24,25,28)/t13-,16+/m1/s1. The summed E-state index contributed by atoms with van der Waals surface area (Å²) in [6.07, 6.45) is 3.26. The van der Waals surface area contributed by atoms with E-state index in [-0.39, 0.29) is 18.7 Å². The first kappa shape index (κ1) is 22.0. The van der Waals surface area contributed by atoms with Gasteiger partial charge in [-0.2, -0.15) is 5.10 Å². The number of alkyl halides is 2. The Kier molecular flexibility index (Phi) is 5.75. The predicted molar refractivity (Wildman–Crippen MR) is 104 cm³/mol. The molecule has 4 rings (SSSR count). The molecule has 2 heterocycles. The second-order valence-corrected chi connectivity index (χ2v) is 8.93. The van der Waals surface area contributed by atoms with Crippen molar-refractivity contribution in [1.29, 1.82) is 0 Å². The van der Waals surface area contributed by atoms with E-state index in [1.165, 1.54) is 18.5 Å². The maximum Gasteiger partial charge on any atom is 0.268 e. The van der Waals surface area contributed by atoms with E-state index in [0.29, 0.717) is 17.7 Å². The molecule has 32 heavy (non-hydrogen) atoms. The van der Waals surface area contributed by atoms with E-state index in [9.17, 15) is 26.0 Å². The summed E-state index contributed by atoms with van der Waals surface area (Å²) in [7, 11) is -4.67. The van der Waals surface area contributed by atoms with E-state index in [4.69, 9.17) is 4.74 Å². The van der Waals surface area contributed by atoms with E-state index < -0.39 is 56.7 Å². The average molecular weight is 471 g/mol. The summed E-state index contributed by atoms with van der Waals surface area (Å²) in [5.41, 5.74) is 0.625. The Balaban J connectivity index is 1.61. The summed E-state index contributed by atoms with van der Waals surface area (Å²) in [5.74, 6) is -6.97. The van der Waals surface area contributed by atoms with Crippen LogP contribution in [-0.2, 0) is 10.0 Å². The zero-order valence-corrected chi connectivity index (χ0v) is 17.1. The van der Waals surface area contributed by atoms with Crippen LogP contribution in [-0.4, -0.2) is 40.6 Å². The Bertz CT molecular complexity index is 1170. The van der Waals surface area contributed by atoms with Gasteiger partial charge in [-0.15, -0.1) is 0 Å². The van der Waals surface area contributed by atoms with E-state index in [1.807, 2.05) is 4.72 Å². The second kappa shape index (κ2) is 8.37. The van der Waals surface area contributed by atoms with Gasteiger partial charge in [0, 0.05) is 43.3 Å². The third kappa shape index (κ3) is 4.66. The highest BCUT2D eigenvalue weighted by Gasteiger charge is 2.43. The van der Waals surface area contributed by atoms with Gasteiger partial charge < -0.3 is 4.74 Å². The fraction of sp³-hybridized carbons (Fsp3) is 0.316. The summed E-state index contributed by atoms with van der Waals surface area (Å²) in [5, 5.41) is 6.40. The SMILES string of the molecule is O=S(=O)(Nc1ccncn1)c1c(F)cc(O[C@H]2CC(F)(F)CC[C@@H]2c2cn[nH]c2)cc1F. The number of H-pyrrole nitrogens is 1. The number of ether oxygens (including phenoxy) is 1. The van der Waals surface area contributed by atoms with E-state index in [1.54, 1.807) is 6.20 Å². The third-order valence-electron chi connectivity index (χ3n) is 5.07. The number of aromatic amines is 1. The fourth-order valence-corrected chi connectivity index (χ4v) is 4.77. The average Bonchev–Trinajstić information content (AvgIpc) is 3.21. The van der Waals surface area contributed by atoms with E-state index in [2.05, 4.69) is 20.2 Å². The van der Waals surface area contributed by atoms with Gasteiger partial charge in [0.25, 0.3) is 15.9 Å². The highest BCUT2D eigenvalue weighted by atomic mass is 32.2. The molecule has 170 valence electrons. The summed E-state index contributed by atoms with van der Waals surface area (Å²) < 4.78 is 89.7. The van der Waals surface area contributed by atoms with Crippen molar-refractivity contribution in [3.8, 4) is 5.75 Å². The maximum absolute atomic E-state index is 14.7. The molecular weight excluding hydrogens is 454 g/mol. The van der Waals surface area contributed by atoms with Crippen molar-refractivity contribution in [2.75, 3.05) is 4.72 Å². The van der Waals surface area contributed by atoms with E-state index in [0.717, 1.165) is 6.33 Å². The fourth-order valence-electron chi connectivity index (χ4n) is 3.64. The van der Waals surface area contributed by atoms with Crippen LogP contribution in [0.3, 0.4) is 0 Å². The van der Waals surface area contributed by atoms with Crippen LogP contribution in [0.1, 0.15) is 30.7 Å². The molecule has 0 unspecified atom stereocenters. The molecule has 3 aromatic rings. The molecule has 0 radical (unpaired) electrons. The molecule has 0 saturated heterocycles. The van der Waals surface area contributed by atoms with Gasteiger partial charge in [0.15, 0.2) is 4.90 Å². The lowest BCUT2D eigenvalue weighted by Gasteiger charge is -2.35. The number of nitrogens with one attached hydrogen (secondary N) is 2. The number of halogens is 4. The van der Waals surface area contributed by atoms with Crippen LogP contribution in [0.15, 0.2) is 48.0 Å². The summed E-state index contributed by atoms with van der Waals surface area (Å²) in [6, 6.07) is 2.50. The Morgan fingerprint density at radius 1 is 1.22 bits per heavy atom. The molecule has 0 bridgehead atoms. The first-order valence-corrected chi connectivity index (χ1v) is 10.9. The quantitative estimate of drug-likeness (QED) is 0.532. The first-order valence-electron chi connectivity index (χ1n) is 9.46. The molecule has 0 aliphatic heterocycles. The second-order valence-electron chi connectivity index (χ2n) is 7.31. The van der Waals surface area contributed by atoms with Gasteiger partial charge in [-0.05, 0) is 18.1 Å². The molecule has 0 amide bonds. The van der Waals surface area contributed by atoms with Crippen molar-refractivity contribution in [1.82, 2.24) is 20.2 Å². The van der Waals surface area contributed by atoms with Gasteiger partial charge in [-0.3, -0.25) is 9.82 Å². The number of rotatable bonds is 6. The third-order valence-corrected chi connectivity index (χ3v) is 6.47. The summed E-state index contributed by atoms with van der Waals surface area (Å²) >= 11 is 0. The number of aromatic nitrogens is 4. The number of hydrogen-bond acceptors (Lipinski definition) is 6. The Labute approximate surface area is 180 Å². The first-order chi connectivity index (χ1) is 15.1. The van der Waals surface area contributed by atoms with Crippen molar-refractivity contribution in [3.63, 3.8) is 0 Å². The van der Waals surface area contributed by atoms with Gasteiger partial charge in [0.2, 0.25) is 0 Å². The highest BCUT2D eigenvalue weighted by molar-refractivity contribution is 7.92. The molecule has 1 fully saturated rings.